The Bertz CT molecular complexity index is 876. The number of aliphatic hydroxyl groups is 3. The fourth-order valence-corrected chi connectivity index (χ4v) is 6.45. The van der Waals surface area contributed by atoms with E-state index in [4.69, 9.17) is 25.8 Å². The number of benzene rings is 1. The molecule has 0 radical (unpaired) electrons. The average Bonchev–Trinajstić information content (AvgIpc) is 3.16. The Labute approximate surface area is 221 Å². The number of carbonyl (C=O) groups is 1. The van der Waals surface area contributed by atoms with Crippen molar-refractivity contribution in [3.8, 4) is 5.75 Å². The lowest BCUT2D eigenvalue weighted by molar-refractivity contribution is -0.205. The number of amides is 1. The number of nitrogens with one attached hydrogen (secondary N) is 2. The molecule has 1 aromatic carbocycles. The maximum Gasteiger partial charge on any atom is 0.240 e. The van der Waals surface area contributed by atoms with E-state index in [-0.39, 0.29) is 17.9 Å². The van der Waals surface area contributed by atoms with Gasteiger partial charge in [-0.2, -0.15) is 0 Å². The lowest BCUT2D eigenvalue weighted by atomic mass is 9.85. The third-order valence-corrected chi connectivity index (χ3v) is 8.75. The summed E-state index contributed by atoms with van der Waals surface area (Å²) in [4.78, 5) is 13.4. The van der Waals surface area contributed by atoms with Crippen LogP contribution in [0.15, 0.2) is 24.3 Å². The monoisotopic (exact) mass is 544 g/mol. The molecule has 0 bridgehead atoms. The van der Waals surface area contributed by atoms with E-state index in [2.05, 4.69) is 22.8 Å². The standard InChI is InChI=1S/C25H37ClN2O7S/c1-12(26)17(23-20(30)19(29)21(31)25(35-23)36-3)28-24(32)18-22-15(11-27-18)10-14(8-9-34-22)13-4-6-16(33-2)7-5-13/h4-7,12,14-15,17-23,25,27,29-31H,8-11H2,1-3H3,(H,28,32)/t12-,14-,15-,17+,18-,19+,20?,21+,22+,23+,25?/m0/s1. The van der Waals surface area contributed by atoms with Gasteiger partial charge in [0.1, 0.15) is 41.6 Å². The molecule has 2 unspecified atom stereocenters. The molecule has 202 valence electrons. The highest BCUT2D eigenvalue weighted by molar-refractivity contribution is 7.99. The summed E-state index contributed by atoms with van der Waals surface area (Å²) >= 11 is 7.64. The Hall–Kier alpha value is -1.11. The number of methoxy groups -OCH3 is 1. The Morgan fingerprint density at radius 3 is 2.58 bits per heavy atom. The van der Waals surface area contributed by atoms with Gasteiger partial charge in [-0.1, -0.05) is 12.1 Å². The quantitative estimate of drug-likeness (QED) is 0.317. The Kier molecular flexibility index (Phi) is 9.43. The number of alkyl halides is 1. The van der Waals surface area contributed by atoms with Crippen LogP contribution in [0.4, 0.5) is 0 Å². The molecule has 3 aliphatic rings. The molecular weight excluding hydrogens is 508 g/mol. The number of aliphatic hydroxyl groups excluding tert-OH is 3. The summed E-state index contributed by atoms with van der Waals surface area (Å²) in [5.74, 6) is 1.02. The predicted molar refractivity (Wildman–Crippen MR) is 137 cm³/mol. The second-order valence-electron chi connectivity index (χ2n) is 9.86. The zero-order valence-corrected chi connectivity index (χ0v) is 22.3. The van der Waals surface area contributed by atoms with Gasteiger partial charge in [-0.25, -0.2) is 0 Å². The van der Waals surface area contributed by atoms with Crippen LogP contribution >= 0.6 is 23.4 Å². The van der Waals surface area contributed by atoms with Crippen molar-refractivity contribution in [3.63, 3.8) is 0 Å². The molecule has 1 aromatic rings. The van der Waals surface area contributed by atoms with E-state index in [1.807, 2.05) is 12.1 Å². The second-order valence-corrected chi connectivity index (χ2v) is 11.5. The SMILES string of the molecule is COc1ccc([C@H]2CCO[C@@H]3[C@H](CN[C@@H]3C(=O)N[C@H]([C@H](C)Cl)[C@H]3OC(SC)[C@H](O)[C@H](O)C3O)C2)cc1. The maximum absolute atomic E-state index is 13.4. The number of hydrogen-bond donors (Lipinski definition) is 5. The van der Waals surface area contributed by atoms with E-state index in [1.165, 1.54) is 17.3 Å². The van der Waals surface area contributed by atoms with Gasteiger partial charge in [-0.05, 0) is 49.6 Å². The molecule has 0 saturated carbocycles. The van der Waals surface area contributed by atoms with Crippen molar-refractivity contribution in [2.24, 2.45) is 5.92 Å². The van der Waals surface area contributed by atoms with E-state index in [0.717, 1.165) is 18.6 Å². The van der Waals surface area contributed by atoms with Gasteiger partial charge in [0.15, 0.2) is 0 Å². The molecule has 36 heavy (non-hydrogen) atoms. The number of fused-ring (bicyclic) bond motifs is 1. The molecule has 11 heteroatoms. The van der Waals surface area contributed by atoms with Crippen molar-refractivity contribution in [1.29, 1.82) is 0 Å². The lowest BCUT2D eigenvalue weighted by Gasteiger charge is -2.44. The van der Waals surface area contributed by atoms with Gasteiger partial charge < -0.3 is 40.2 Å². The smallest absolute Gasteiger partial charge is 0.240 e. The summed E-state index contributed by atoms with van der Waals surface area (Å²) in [6, 6.07) is 6.75. The van der Waals surface area contributed by atoms with Crippen LogP contribution in [-0.2, 0) is 14.3 Å². The minimum Gasteiger partial charge on any atom is -0.497 e. The Balaban J connectivity index is 1.43. The van der Waals surface area contributed by atoms with Crippen LogP contribution in [0.1, 0.15) is 31.2 Å². The van der Waals surface area contributed by atoms with E-state index in [0.29, 0.717) is 19.1 Å². The molecular formula is C25H37ClN2O7S. The predicted octanol–water partition coefficient (Wildman–Crippen LogP) is 0.829. The second kappa shape index (κ2) is 12.2. The third-order valence-electron chi connectivity index (χ3n) is 7.62. The number of thioether (sulfide) groups is 1. The summed E-state index contributed by atoms with van der Waals surface area (Å²) in [6.45, 7) is 2.89. The van der Waals surface area contributed by atoms with Crippen molar-refractivity contribution < 1.29 is 34.3 Å². The van der Waals surface area contributed by atoms with Crippen LogP contribution in [0, 0.1) is 5.92 Å². The first-order valence-electron chi connectivity index (χ1n) is 12.4. The molecule has 3 saturated heterocycles. The van der Waals surface area contributed by atoms with Crippen LogP contribution < -0.4 is 15.4 Å². The fourth-order valence-electron chi connectivity index (χ4n) is 5.56. The molecule has 3 aliphatic heterocycles. The molecule has 0 aromatic heterocycles. The average molecular weight is 545 g/mol. The first-order chi connectivity index (χ1) is 17.2. The Morgan fingerprint density at radius 2 is 1.94 bits per heavy atom. The van der Waals surface area contributed by atoms with E-state index < -0.39 is 47.3 Å². The molecule has 1 amide bonds. The molecule has 0 spiro atoms. The number of hydrogen-bond acceptors (Lipinski definition) is 9. The minimum absolute atomic E-state index is 0.164. The van der Waals surface area contributed by atoms with E-state index >= 15 is 0 Å². The molecule has 0 aliphatic carbocycles. The summed E-state index contributed by atoms with van der Waals surface area (Å²) < 4.78 is 17.3. The summed E-state index contributed by atoms with van der Waals surface area (Å²) in [7, 11) is 1.65. The largest absolute Gasteiger partial charge is 0.497 e. The van der Waals surface area contributed by atoms with E-state index in [9.17, 15) is 20.1 Å². The van der Waals surface area contributed by atoms with Gasteiger partial charge >= 0.3 is 0 Å². The Morgan fingerprint density at radius 1 is 1.22 bits per heavy atom. The highest BCUT2D eigenvalue weighted by atomic mass is 35.5. The zero-order chi connectivity index (χ0) is 26.0. The van der Waals surface area contributed by atoms with Gasteiger partial charge in [0.25, 0.3) is 0 Å². The van der Waals surface area contributed by atoms with Gasteiger partial charge in [-0.3, -0.25) is 4.79 Å². The van der Waals surface area contributed by atoms with Crippen LogP contribution in [-0.4, -0.2) is 101 Å². The van der Waals surface area contributed by atoms with Crippen molar-refractivity contribution in [2.45, 2.75) is 79.1 Å². The first kappa shape index (κ1) is 27.9. The molecule has 3 heterocycles. The van der Waals surface area contributed by atoms with Gasteiger partial charge in [0.2, 0.25) is 5.91 Å². The molecule has 4 rings (SSSR count). The molecule has 3 fully saturated rings. The third kappa shape index (κ3) is 5.81. The minimum atomic E-state index is -1.41. The van der Waals surface area contributed by atoms with Crippen molar-refractivity contribution in [1.82, 2.24) is 10.6 Å². The van der Waals surface area contributed by atoms with Gasteiger partial charge in [0.05, 0.1) is 24.6 Å². The summed E-state index contributed by atoms with van der Waals surface area (Å²) in [6.07, 6.45) is -1.84. The number of halogens is 1. The highest BCUT2D eigenvalue weighted by Gasteiger charge is 2.49. The molecule has 11 atom stereocenters. The zero-order valence-electron chi connectivity index (χ0n) is 20.7. The van der Waals surface area contributed by atoms with Crippen LogP contribution in [0.2, 0.25) is 0 Å². The van der Waals surface area contributed by atoms with Crippen LogP contribution in [0.25, 0.3) is 0 Å². The van der Waals surface area contributed by atoms with Gasteiger partial charge in [-0.15, -0.1) is 23.4 Å². The van der Waals surface area contributed by atoms with Crippen LogP contribution in [0.3, 0.4) is 0 Å². The number of carbonyl (C=O) groups excluding carboxylic acids is 1. The van der Waals surface area contributed by atoms with Crippen LogP contribution in [0.5, 0.6) is 5.75 Å². The highest BCUT2D eigenvalue weighted by Crippen LogP contribution is 2.37. The normalized spacial score (nSPS) is 38.5. The molecule has 5 N–H and O–H groups in total. The van der Waals surface area contributed by atoms with Crippen molar-refractivity contribution >= 4 is 29.3 Å². The van der Waals surface area contributed by atoms with Gasteiger partial charge in [0, 0.05) is 19.1 Å². The molecule has 9 nitrogen and oxygen atoms in total. The van der Waals surface area contributed by atoms with Crippen molar-refractivity contribution in [3.05, 3.63) is 29.8 Å². The number of ether oxygens (including phenoxy) is 3. The maximum atomic E-state index is 13.4. The summed E-state index contributed by atoms with van der Waals surface area (Å²) in [5.41, 5.74) is 0.480. The van der Waals surface area contributed by atoms with E-state index in [1.54, 1.807) is 20.3 Å². The summed E-state index contributed by atoms with van der Waals surface area (Å²) in [5, 5.41) is 36.8. The lowest BCUT2D eigenvalue weighted by Crippen LogP contribution is -2.65. The first-order valence-corrected chi connectivity index (χ1v) is 14.1. The fraction of sp³-hybridized carbons (Fsp3) is 0.720. The number of rotatable bonds is 7. The topological polar surface area (TPSA) is 130 Å². The van der Waals surface area contributed by atoms with Crippen molar-refractivity contribution in [2.75, 3.05) is 26.5 Å².